The average Bonchev–Trinajstić information content (AvgIpc) is 2.93. The van der Waals surface area contributed by atoms with E-state index < -0.39 is 27.6 Å². The Morgan fingerprint density at radius 1 is 1.22 bits per heavy atom. The van der Waals surface area contributed by atoms with Crippen molar-refractivity contribution in [3.05, 3.63) is 47.0 Å². The molecule has 1 aliphatic carbocycles. The number of carbonyl (C=O) groups is 1. The molecular weight excluding hydrogens is 401 g/mol. The van der Waals surface area contributed by atoms with Gasteiger partial charge in [0.1, 0.15) is 9.21 Å². The highest BCUT2D eigenvalue weighted by atomic mass is 32.2. The van der Waals surface area contributed by atoms with E-state index in [4.69, 9.17) is 0 Å². The summed E-state index contributed by atoms with van der Waals surface area (Å²) in [6.07, 6.45) is 1.41. The van der Waals surface area contributed by atoms with Crippen LogP contribution in [0.2, 0.25) is 0 Å². The van der Waals surface area contributed by atoms with E-state index in [1.54, 1.807) is 6.08 Å². The van der Waals surface area contributed by atoms with Crippen molar-refractivity contribution in [1.82, 2.24) is 0 Å². The van der Waals surface area contributed by atoms with Gasteiger partial charge in [-0.1, -0.05) is 18.2 Å². The van der Waals surface area contributed by atoms with Gasteiger partial charge >= 0.3 is 12.2 Å². The summed E-state index contributed by atoms with van der Waals surface area (Å²) in [5.74, 6) is 0. The van der Waals surface area contributed by atoms with Crippen molar-refractivity contribution in [2.75, 3.05) is 16.9 Å². The summed E-state index contributed by atoms with van der Waals surface area (Å²) in [6.45, 7) is 0. The van der Waals surface area contributed by atoms with Gasteiger partial charge in [0.05, 0.1) is 5.56 Å². The number of rotatable bonds is 3. The topological polar surface area (TPSA) is 75.3 Å². The zero-order valence-electron chi connectivity index (χ0n) is 14.1. The van der Waals surface area contributed by atoms with Crippen LogP contribution in [-0.4, -0.2) is 20.7 Å². The summed E-state index contributed by atoms with van der Waals surface area (Å²) >= 11 is 0.937. The van der Waals surface area contributed by atoms with Gasteiger partial charge < -0.3 is 5.32 Å². The van der Waals surface area contributed by atoms with E-state index in [0.717, 1.165) is 29.7 Å². The van der Waals surface area contributed by atoms with E-state index in [2.05, 4.69) is 10.6 Å². The predicted molar refractivity (Wildman–Crippen MR) is 98.9 cm³/mol. The smallest absolute Gasteiger partial charge is 0.308 e. The maximum absolute atomic E-state index is 12.8. The molecule has 1 aliphatic rings. The van der Waals surface area contributed by atoms with Crippen LogP contribution in [0, 0.1) is 0 Å². The van der Waals surface area contributed by atoms with Crippen molar-refractivity contribution in [2.24, 2.45) is 0 Å². The maximum Gasteiger partial charge on any atom is 0.416 e. The van der Waals surface area contributed by atoms with Crippen molar-refractivity contribution in [1.29, 1.82) is 0 Å². The number of sulfone groups is 1. The molecule has 2 N–H and O–H groups in total. The number of alkyl halides is 3. The SMILES string of the molecule is CS(=O)(=O)c1sc(NC(=O)Nc2cccc(C(F)(F)F)c2)c2c1C=CCC2. The van der Waals surface area contributed by atoms with Gasteiger partial charge in [-0.05, 0) is 36.6 Å². The van der Waals surface area contributed by atoms with Crippen LogP contribution >= 0.6 is 11.3 Å². The number of hydrogen-bond donors (Lipinski definition) is 2. The van der Waals surface area contributed by atoms with Gasteiger partial charge in [-0.25, -0.2) is 13.2 Å². The summed E-state index contributed by atoms with van der Waals surface area (Å²) in [4.78, 5) is 12.2. The van der Waals surface area contributed by atoms with Gasteiger partial charge in [0.25, 0.3) is 0 Å². The Hall–Kier alpha value is -2.33. The molecule has 1 aromatic heterocycles. The highest BCUT2D eigenvalue weighted by molar-refractivity contribution is 7.93. The molecule has 3 rings (SSSR count). The third-order valence-electron chi connectivity index (χ3n) is 3.87. The second kappa shape index (κ2) is 7.01. The van der Waals surface area contributed by atoms with Gasteiger partial charge in [-0.15, -0.1) is 11.3 Å². The zero-order valence-corrected chi connectivity index (χ0v) is 15.7. The van der Waals surface area contributed by atoms with Crippen molar-refractivity contribution in [2.45, 2.75) is 23.2 Å². The van der Waals surface area contributed by atoms with Crippen LogP contribution in [0.1, 0.15) is 23.1 Å². The third-order valence-corrected chi connectivity index (χ3v) is 6.88. The minimum Gasteiger partial charge on any atom is -0.308 e. The Labute approximate surface area is 157 Å². The quantitative estimate of drug-likeness (QED) is 0.757. The Morgan fingerprint density at radius 3 is 2.63 bits per heavy atom. The molecule has 10 heteroatoms. The number of halogens is 3. The first-order chi connectivity index (χ1) is 12.6. The van der Waals surface area contributed by atoms with Crippen LogP contribution in [0.3, 0.4) is 0 Å². The standard InChI is InChI=1S/C17H15F3N2O3S2/c1-27(24,25)15-13-8-3-2-7-12(13)14(26-15)22-16(23)21-11-6-4-5-10(9-11)17(18,19)20/h3-6,8-9H,2,7H2,1H3,(H2,21,22,23). The molecule has 2 amide bonds. The van der Waals surface area contributed by atoms with E-state index in [1.165, 1.54) is 12.1 Å². The molecule has 5 nitrogen and oxygen atoms in total. The number of urea groups is 1. The summed E-state index contributed by atoms with van der Waals surface area (Å²) < 4.78 is 62.4. The van der Waals surface area contributed by atoms with Crippen LogP contribution in [0.15, 0.2) is 34.6 Å². The number of fused-ring (bicyclic) bond motifs is 1. The molecule has 2 aromatic rings. The highest BCUT2D eigenvalue weighted by Crippen LogP contribution is 2.40. The molecular formula is C17H15F3N2O3S2. The van der Waals surface area contributed by atoms with Crippen molar-refractivity contribution < 1.29 is 26.4 Å². The Morgan fingerprint density at radius 2 is 1.96 bits per heavy atom. The monoisotopic (exact) mass is 416 g/mol. The maximum atomic E-state index is 12.8. The average molecular weight is 416 g/mol. The lowest BCUT2D eigenvalue weighted by molar-refractivity contribution is -0.137. The third kappa shape index (κ3) is 4.33. The number of nitrogens with one attached hydrogen (secondary N) is 2. The summed E-state index contributed by atoms with van der Waals surface area (Å²) in [5, 5.41) is 5.28. The van der Waals surface area contributed by atoms with E-state index in [0.29, 0.717) is 29.0 Å². The molecule has 0 atom stereocenters. The van der Waals surface area contributed by atoms with Gasteiger partial charge in [-0.3, -0.25) is 5.32 Å². The lowest BCUT2D eigenvalue weighted by Gasteiger charge is -2.12. The van der Waals surface area contributed by atoms with Gasteiger partial charge in [0.15, 0.2) is 9.84 Å². The first-order valence-corrected chi connectivity index (χ1v) is 10.5. The van der Waals surface area contributed by atoms with Crippen LogP contribution in [-0.2, 0) is 22.4 Å². The molecule has 0 saturated heterocycles. The molecule has 0 spiro atoms. The van der Waals surface area contributed by atoms with E-state index >= 15 is 0 Å². The molecule has 0 bridgehead atoms. The van der Waals surface area contributed by atoms with Crippen LogP contribution < -0.4 is 10.6 Å². The number of allylic oxidation sites excluding steroid dienone is 1. The minimum absolute atomic E-state index is 0.0176. The molecule has 144 valence electrons. The Bertz CT molecular complexity index is 1020. The van der Waals surface area contributed by atoms with E-state index in [9.17, 15) is 26.4 Å². The number of hydrogen-bond acceptors (Lipinski definition) is 4. The molecule has 0 fully saturated rings. The second-order valence-electron chi connectivity index (χ2n) is 5.98. The molecule has 0 radical (unpaired) electrons. The van der Waals surface area contributed by atoms with E-state index in [-0.39, 0.29) is 9.90 Å². The summed E-state index contributed by atoms with van der Waals surface area (Å²) in [7, 11) is -3.47. The largest absolute Gasteiger partial charge is 0.416 e. The van der Waals surface area contributed by atoms with Crippen molar-refractivity contribution in [3.8, 4) is 0 Å². The first-order valence-electron chi connectivity index (χ1n) is 7.83. The lowest BCUT2D eigenvalue weighted by atomic mass is 10.0. The fourth-order valence-corrected chi connectivity index (χ4v) is 5.13. The molecule has 0 unspecified atom stereocenters. The Kier molecular flexibility index (Phi) is 5.04. The number of amides is 2. The lowest BCUT2D eigenvalue weighted by Crippen LogP contribution is -2.20. The van der Waals surface area contributed by atoms with Crippen molar-refractivity contribution >= 4 is 44.0 Å². The van der Waals surface area contributed by atoms with Gasteiger partial charge in [0.2, 0.25) is 0 Å². The van der Waals surface area contributed by atoms with Gasteiger partial charge in [0, 0.05) is 17.5 Å². The Balaban J connectivity index is 1.83. The van der Waals surface area contributed by atoms with Crippen molar-refractivity contribution in [3.63, 3.8) is 0 Å². The summed E-state index contributed by atoms with van der Waals surface area (Å²) in [5.41, 5.74) is 0.375. The van der Waals surface area contributed by atoms with Gasteiger partial charge in [-0.2, -0.15) is 13.2 Å². The number of anilines is 2. The molecule has 1 heterocycles. The molecule has 1 aromatic carbocycles. The van der Waals surface area contributed by atoms with Crippen LogP contribution in [0.4, 0.5) is 28.7 Å². The van der Waals surface area contributed by atoms with E-state index in [1.807, 2.05) is 6.08 Å². The minimum atomic E-state index is -4.52. The fraction of sp³-hybridized carbons (Fsp3) is 0.235. The molecule has 27 heavy (non-hydrogen) atoms. The van der Waals surface area contributed by atoms with Crippen LogP contribution in [0.25, 0.3) is 6.08 Å². The predicted octanol–water partition coefficient (Wildman–Crippen LogP) is 4.77. The number of carbonyl (C=O) groups excluding carboxylic acids is 1. The fourth-order valence-electron chi connectivity index (χ4n) is 2.72. The number of thiophene rings is 1. The second-order valence-corrected chi connectivity index (χ2v) is 9.21. The molecule has 0 saturated carbocycles. The number of benzene rings is 1. The normalized spacial score (nSPS) is 13.9. The van der Waals surface area contributed by atoms with Crippen LogP contribution in [0.5, 0.6) is 0 Å². The zero-order chi connectivity index (χ0) is 19.8. The molecule has 0 aliphatic heterocycles. The first kappa shape index (κ1) is 19.4. The highest BCUT2D eigenvalue weighted by Gasteiger charge is 2.30. The summed E-state index contributed by atoms with van der Waals surface area (Å²) in [6, 6.07) is 3.52.